The quantitative estimate of drug-likeness (QED) is 0.856. The second kappa shape index (κ2) is 7.19. The zero-order valence-electron chi connectivity index (χ0n) is 13.4. The van der Waals surface area contributed by atoms with Gasteiger partial charge < -0.3 is 5.32 Å². The number of pyridine rings is 1. The van der Waals surface area contributed by atoms with Crippen molar-refractivity contribution in [2.45, 2.75) is 24.7 Å². The van der Waals surface area contributed by atoms with Crippen LogP contribution in [-0.2, 0) is 11.0 Å². The van der Waals surface area contributed by atoms with Crippen molar-refractivity contribution in [2.75, 3.05) is 18.9 Å². The lowest BCUT2D eigenvalue weighted by Crippen LogP contribution is -2.22. The number of aromatic nitrogens is 1. The molecule has 3 rings (SSSR count). The van der Waals surface area contributed by atoms with E-state index in [4.69, 9.17) is 16.4 Å². The number of nitrogens with zero attached hydrogens (tertiary/aromatic N) is 2. The third-order valence-electron chi connectivity index (χ3n) is 4.09. The highest BCUT2D eigenvalue weighted by Gasteiger charge is 2.33. The van der Waals surface area contributed by atoms with Crippen molar-refractivity contribution in [3.8, 4) is 0 Å². The summed E-state index contributed by atoms with van der Waals surface area (Å²) in [5.41, 5.74) is 0.280. The molecular formula is C17H17ClF3N3O. The molecule has 4 nitrogen and oxygen atoms in total. The Bertz CT molecular complexity index is 727. The van der Waals surface area contributed by atoms with Crippen LogP contribution in [0.3, 0.4) is 0 Å². The van der Waals surface area contributed by atoms with E-state index in [-0.39, 0.29) is 23.0 Å². The second-order valence-corrected chi connectivity index (χ2v) is 6.28. The number of rotatable bonds is 4. The Labute approximate surface area is 148 Å². The highest BCUT2D eigenvalue weighted by atomic mass is 35.5. The van der Waals surface area contributed by atoms with Crippen LogP contribution >= 0.6 is 11.6 Å². The van der Waals surface area contributed by atoms with Crippen molar-refractivity contribution in [2.24, 2.45) is 0 Å². The Hall–Kier alpha value is -1.83. The van der Waals surface area contributed by atoms with Gasteiger partial charge in [-0.25, -0.2) is 4.98 Å². The van der Waals surface area contributed by atoms with Gasteiger partial charge in [-0.05, 0) is 18.1 Å². The first-order valence-corrected chi connectivity index (χ1v) is 8.13. The fourth-order valence-corrected chi connectivity index (χ4v) is 3.06. The molecular weight excluding hydrogens is 355 g/mol. The Morgan fingerprint density at radius 3 is 2.68 bits per heavy atom. The molecule has 2 aromatic rings. The van der Waals surface area contributed by atoms with Crippen LogP contribution in [0, 0.1) is 0 Å². The fourth-order valence-electron chi connectivity index (χ4n) is 2.82. The summed E-state index contributed by atoms with van der Waals surface area (Å²) in [5.74, 6) is 0.212. The molecule has 0 saturated carbocycles. The number of anilines is 1. The Morgan fingerprint density at radius 1 is 1.32 bits per heavy atom. The van der Waals surface area contributed by atoms with Crippen LogP contribution in [0.1, 0.15) is 23.6 Å². The van der Waals surface area contributed by atoms with Gasteiger partial charge in [-0.1, -0.05) is 41.9 Å². The lowest BCUT2D eigenvalue weighted by Gasteiger charge is -2.17. The highest BCUT2D eigenvalue weighted by molar-refractivity contribution is 6.32. The van der Waals surface area contributed by atoms with Crippen LogP contribution in [0.2, 0.25) is 5.02 Å². The lowest BCUT2D eigenvalue weighted by molar-refractivity contribution is -0.140. The number of hydrogen-bond donors (Lipinski definition) is 1. The molecule has 8 heteroatoms. The van der Waals surface area contributed by atoms with Crippen LogP contribution in [0.25, 0.3) is 0 Å². The van der Waals surface area contributed by atoms with Gasteiger partial charge in [0.25, 0.3) is 0 Å². The SMILES string of the molecule is CN1O[C@@H](CNc2ncc(C(F)(F)F)cc2Cl)C[C@H]1c1ccccc1. The zero-order valence-corrected chi connectivity index (χ0v) is 14.2. The van der Waals surface area contributed by atoms with Gasteiger partial charge in [0.1, 0.15) is 5.82 Å². The third-order valence-corrected chi connectivity index (χ3v) is 4.38. The van der Waals surface area contributed by atoms with E-state index in [9.17, 15) is 13.2 Å². The fraction of sp³-hybridized carbons (Fsp3) is 0.353. The van der Waals surface area contributed by atoms with Crippen molar-refractivity contribution >= 4 is 17.4 Å². The molecule has 1 aliphatic rings. The number of halogens is 4. The monoisotopic (exact) mass is 371 g/mol. The minimum absolute atomic E-state index is 0.0687. The van der Waals surface area contributed by atoms with Gasteiger partial charge in [0, 0.05) is 19.8 Å². The largest absolute Gasteiger partial charge is 0.417 e. The van der Waals surface area contributed by atoms with E-state index in [0.29, 0.717) is 6.54 Å². The number of hydroxylamine groups is 2. The predicted molar refractivity (Wildman–Crippen MR) is 89.2 cm³/mol. The molecule has 0 spiro atoms. The summed E-state index contributed by atoms with van der Waals surface area (Å²) in [6.45, 7) is 0.395. The topological polar surface area (TPSA) is 37.4 Å². The molecule has 0 radical (unpaired) electrons. The first kappa shape index (κ1) is 18.0. The molecule has 1 N–H and O–H groups in total. The summed E-state index contributed by atoms with van der Waals surface area (Å²) >= 11 is 5.90. The van der Waals surface area contributed by atoms with E-state index in [1.165, 1.54) is 0 Å². The maximum absolute atomic E-state index is 12.6. The summed E-state index contributed by atoms with van der Waals surface area (Å²) < 4.78 is 37.9. The standard InChI is InChI=1S/C17H17ClF3N3O/c1-24-15(11-5-3-2-4-6-11)8-13(25-24)10-23-16-14(18)7-12(9-22-16)17(19,20)21/h2-7,9,13,15H,8,10H2,1H3,(H,22,23)/t13-,15+/m1/s1. The van der Waals surface area contributed by atoms with E-state index in [0.717, 1.165) is 24.2 Å². The molecule has 2 atom stereocenters. The van der Waals surface area contributed by atoms with Crippen LogP contribution in [-0.4, -0.2) is 29.7 Å². The Balaban J connectivity index is 1.61. The minimum Gasteiger partial charge on any atom is -0.366 e. The third kappa shape index (κ3) is 4.23. The summed E-state index contributed by atoms with van der Waals surface area (Å²) in [5, 5.41) is 4.69. The summed E-state index contributed by atoms with van der Waals surface area (Å²) in [6.07, 6.45) is -3.07. The van der Waals surface area contributed by atoms with Gasteiger partial charge in [0.05, 0.1) is 22.7 Å². The molecule has 0 aliphatic carbocycles. The molecule has 1 aromatic carbocycles. The van der Waals surface area contributed by atoms with Gasteiger partial charge in [0.2, 0.25) is 0 Å². The van der Waals surface area contributed by atoms with E-state index in [1.807, 2.05) is 37.4 Å². The average Bonchev–Trinajstić information content (AvgIpc) is 2.94. The van der Waals surface area contributed by atoms with E-state index < -0.39 is 11.7 Å². The first-order valence-electron chi connectivity index (χ1n) is 7.76. The Kier molecular flexibility index (Phi) is 5.17. The van der Waals surface area contributed by atoms with Crippen molar-refractivity contribution in [3.63, 3.8) is 0 Å². The van der Waals surface area contributed by atoms with E-state index in [2.05, 4.69) is 10.3 Å². The summed E-state index contributed by atoms with van der Waals surface area (Å²) in [4.78, 5) is 9.56. The van der Waals surface area contributed by atoms with Crippen molar-refractivity contribution in [1.29, 1.82) is 0 Å². The normalized spacial score (nSPS) is 21.5. The van der Waals surface area contributed by atoms with E-state index >= 15 is 0 Å². The summed E-state index contributed by atoms with van der Waals surface area (Å²) in [7, 11) is 1.86. The van der Waals surface area contributed by atoms with Crippen molar-refractivity contribution < 1.29 is 18.0 Å². The minimum atomic E-state index is -4.46. The van der Waals surface area contributed by atoms with Gasteiger partial charge in [-0.15, -0.1) is 0 Å². The van der Waals surface area contributed by atoms with Gasteiger partial charge in [0.15, 0.2) is 0 Å². The van der Waals surface area contributed by atoms with Crippen molar-refractivity contribution in [1.82, 2.24) is 10.0 Å². The molecule has 134 valence electrons. The van der Waals surface area contributed by atoms with Crippen LogP contribution in [0.4, 0.5) is 19.0 Å². The van der Waals surface area contributed by atoms with Crippen LogP contribution < -0.4 is 5.32 Å². The molecule has 0 amide bonds. The maximum Gasteiger partial charge on any atom is 0.417 e. The van der Waals surface area contributed by atoms with Gasteiger partial charge in [-0.2, -0.15) is 18.2 Å². The highest BCUT2D eigenvalue weighted by Crippen LogP contribution is 2.34. The summed E-state index contributed by atoms with van der Waals surface area (Å²) in [6, 6.07) is 11.0. The first-order chi connectivity index (χ1) is 11.8. The molecule has 0 bridgehead atoms. The molecule has 25 heavy (non-hydrogen) atoms. The molecule has 1 fully saturated rings. The molecule has 0 unspecified atom stereocenters. The van der Waals surface area contributed by atoms with Gasteiger partial charge in [-0.3, -0.25) is 4.84 Å². The maximum atomic E-state index is 12.6. The molecule has 1 aromatic heterocycles. The van der Waals surface area contributed by atoms with E-state index in [1.54, 1.807) is 5.06 Å². The zero-order chi connectivity index (χ0) is 18.0. The Morgan fingerprint density at radius 2 is 2.04 bits per heavy atom. The molecule has 1 saturated heterocycles. The molecule has 1 aliphatic heterocycles. The molecule has 2 heterocycles. The van der Waals surface area contributed by atoms with Crippen LogP contribution in [0.15, 0.2) is 42.6 Å². The lowest BCUT2D eigenvalue weighted by atomic mass is 10.0. The smallest absolute Gasteiger partial charge is 0.366 e. The number of benzene rings is 1. The number of hydrogen-bond acceptors (Lipinski definition) is 4. The second-order valence-electron chi connectivity index (χ2n) is 5.87. The van der Waals surface area contributed by atoms with Gasteiger partial charge >= 0.3 is 6.18 Å². The van der Waals surface area contributed by atoms with Crippen molar-refractivity contribution in [3.05, 3.63) is 58.7 Å². The average molecular weight is 372 g/mol. The number of nitrogens with one attached hydrogen (secondary N) is 1. The number of alkyl halides is 3. The van der Waals surface area contributed by atoms with Crippen LogP contribution in [0.5, 0.6) is 0 Å². The predicted octanol–water partition coefficient (Wildman–Crippen LogP) is 4.54.